The maximum absolute atomic E-state index is 11.8. The van der Waals surface area contributed by atoms with E-state index in [4.69, 9.17) is 5.11 Å². The number of thioether (sulfide) groups is 1. The second-order valence-corrected chi connectivity index (χ2v) is 13.9. The number of carboxylic acid groups (broad SMARTS) is 1. The topological polar surface area (TPSA) is 95.5 Å². The van der Waals surface area contributed by atoms with Crippen molar-refractivity contribution < 1.29 is 19.5 Å². The molecule has 0 aliphatic heterocycles. The number of hydrogen-bond acceptors (Lipinski definition) is 7. The molecule has 254 valence electrons. The van der Waals surface area contributed by atoms with Gasteiger partial charge in [-0.3, -0.25) is 14.7 Å². The standard InChI is InChI=1S/C26H51N2O4P.C2H6S2.C2H6S.C2H6/c29-23-24(28-33)19-17-18-22-27-25(30)20-15-13-11-9-7-5-3-1-2-4-6-8-10-12-14-16-21-26(31)32;1-3-4-2;1-3-2;1-2/h23-24,28H,1-22,33H2,(H,27,30)(H,31,32);1-2H3;1-2H3;1-2H3. The Balaban J connectivity index is -0.000000705. The molecule has 0 radical (unpaired) electrons. The van der Waals surface area contributed by atoms with E-state index in [-0.39, 0.29) is 11.9 Å². The number of unbranched alkanes of at least 4 members (excludes halogenated alkanes) is 16. The second-order valence-electron chi connectivity index (χ2n) is 10.0. The van der Waals surface area contributed by atoms with Crippen LogP contribution >= 0.6 is 42.7 Å². The van der Waals surface area contributed by atoms with Crippen LogP contribution in [0, 0.1) is 0 Å². The van der Waals surface area contributed by atoms with Gasteiger partial charge in [0.05, 0.1) is 6.04 Å². The van der Waals surface area contributed by atoms with Crippen LogP contribution in [0.1, 0.15) is 149 Å². The van der Waals surface area contributed by atoms with Crippen LogP contribution in [0.2, 0.25) is 0 Å². The van der Waals surface area contributed by atoms with Crippen molar-refractivity contribution in [3.05, 3.63) is 0 Å². The van der Waals surface area contributed by atoms with Crippen molar-refractivity contribution in [2.45, 2.75) is 155 Å². The molecule has 0 saturated carbocycles. The molecule has 42 heavy (non-hydrogen) atoms. The molecule has 0 aliphatic rings. The summed E-state index contributed by atoms with van der Waals surface area (Å²) in [6, 6.07) is -0.101. The lowest BCUT2D eigenvalue weighted by Gasteiger charge is -2.08. The minimum atomic E-state index is -0.673. The largest absolute Gasteiger partial charge is 0.481 e. The van der Waals surface area contributed by atoms with Gasteiger partial charge in [0.1, 0.15) is 6.29 Å². The summed E-state index contributed by atoms with van der Waals surface area (Å²) in [4.78, 5) is 33.0. The number of nitrogens with one attached hydrogen (secondary N) is 2. The van der Waals surface area contributed by atoms with Crippen molar-refractivity contribution in [3.63, 3.8) is 0 Å². The van der Waals surface area contributed by atoms with E-state index in [2.05, 4.69) is 32.3 Å². The van der Waals surface area contributed by atoms with E-state index in [1.165, 1.54) is 77.0 Å². The van der Waals surface area contributed by atoms with E-state index in [0.717, 1.165) is 51.2 Å². The Hall–Kier alpha value is 0.0500. The molecule has 2 unspecified atom stereocenters. The number of rotatable bonds is 27. The first-order chi connectivity index (χ1) is 20.4. The molecular weight excluding hydrogens is 604 g/mol. The van der Waals surface area contributed by atoms with Crippen molar-refractivity contribution in [2.75, 3.05) is 31.6 Å². The summed E-state index contributed by atoms with van der Waals surface area (Å²) in [6.45, 7) is 4.70. The van der Waals surface area contributed by atoms with Crippen LogP contribution in [0.4, 0.5) is 0 Å². The van der Waals surface area contributed by atoms with Crippen molar-refractivity contribution in [1.29, 1.82) is 0 Å². The van der Waals surface area contributed by atoms with Crippen LogP contribution in [0.5, 0.6) is 0 Å². The monoisotopic (exact) mass is 672 g/mol. The van der Waals surface area contributed by atoms with Gasteiger partial charge in [-0.15, -0.1) is 0 Å². The molecule has 3 N–H and O–H groups in total. The number of aliphatic carboxylic acids is 1. The zero-order chi connectivity index (χ0) is 32.5. The van der Waals surface area contributed by atoms with Gasteiger partial charge in [0.15, 0.2) is 0 Å². The van der Waals surface area contributed by atoms with Gasteiger partial charge < -0.3 is 15.2 Å². The minimum Gasteiger partial charge on any atom is -0.481 e. The molecule has 0 aliphatic carbocycles. The summed E-state index contributed by atoms with van der Waals surface area (Å²) >= 11 is 1.75. The van der Waals surface area contributed by atoms with Gasteiger partial charge in [-0.05, 0) is 57.1 Å². The zero-order valence-electron chi connectivity index (χ0n) is 28.2. The van der Waals surface area contributed by atoms with Gasteiger partial charge in [-0.25, -0.2) is 0 Å². The van der Waals surface area contributed by atoms with E-state index in [1.807, 2.05) is 26.4 Å². The van der Waals surface area contributed by atoms with E-state index >= 15 is 0 Å². The van der Waals surface area contributed by atoms with Gasteiger partial charge in [0.2, 0.25) is 5.91 Å². The van der Waals surface area contributed by atoms with Gasteiger partial charge in [-0.1, -0.05) is 135 Å². The average molecular weight is 673 g/mol. The average Bonchev–Trinajstić information content (AvgIpc) is 2.99. The molecular formula is C32H69N2O4PS3. The lowest BCUT2D eigenvalue weighted by atomic mass is 10.0. The lowest BCUT2D eigenvalue weighted by molar-refractivity contribution is -0.137. The maximum atomic E-state index is 11.8. The Labute approximate surface area is 276 Å². The van der Waals surface area contributed by atoms with E-state index < -0.39 is 5.97 Å². The lowest BCUT2D eigenvalue weighted by Crippen LogP contribution is -2.25. The highest BCUT2D eigenvalue weighted by molar-refractivity contribution is 8.76. The molecule has 1 amide bonds. The van der Waals surface area contributed by atoms with E-state index in [0.29, 0.717) is 19.4 Å². The molecule has 2 atom stereocenters. The first-order valence-electron chi connectivity index (χ1n) is 16.3. The Morgan fingerprint density at radius 2 is 1.02 bits per heavy atom. The van der Waals surface area contributed by atoms with Gasteiger partial charge in [0.25, 0.3) is 0 Å². The highest BCUT2D eigenvalue weighted by Gasteiger charge is 2.04. The highest BCUT2D eigenvalue weighted by atomic mass is 33.1. The van der Waals surface area contributed by atoms with Gasteiger partial charge in [0, 0.05) is 19.4 Å². The van der Waals surface area contributed by atoms with Crippen LogP contribution in [0.25, 0.3) is 0 Å². The third-order valence-corrected chi connectivity index (χ3v) is 8.12. The summed E-state index contributed by atoms with van der Waals surface area (Å²) < 4.78 is 0. The third-order valence-electron chi connectivity index (χ3n) is 6.35. The molecule has 6 nitrogen and oxygen atoms in total. The summed E-state index contributed by atoms with van der Waals surface area (Å²) in [6.07, 6.45) is 32.3. The summed E-state index contributed by atoms with van der Waals surface area (Å²) in [5.41, 5.74) is 0. The smallest absolute Gasteiger partial charge is 0.303 e. The van der Waals surface area contributed by atoms with Crippen LogP contribution in [-0.2, 0) is 14.4 Å². The Morgan fingerprint density at radius 1 is 0.667 bits per heavy atom. The maximum Gasteiger partial charge on any atom is 0.303 e. The molecule has 0 aromatic heterocycles. The number of aldehydes is 1. The van der Waals surface area contributed by atoms with Crippen LogP contribution in [-0.4, -0.2) is 60.9 Å². The predicted octanol–water partition coefficient (Wildman–Crippen LogP) is 9.96. The SMILES string of the molecule is CC.CSC.CSSC.O=CC(CCCCNC(=O)CCCCCCCCCCCCCCCCCCC(=O)O)NP. The van der Waals surface area contributed by atoms with Crippen LogP contribution in [0.15, 0.2) is 0 Å². The summed E-state index contributed by atoms with van der Waals surface area (Å²) in [5.74, 6) is -0.516. The fraction of sp³-hybridized carbons (Fsp3) is 0.906. The molecule has 10 heteroatoms. The molecule has 0 bridgehead atoms. The van der Waals surface area contributed by atoms with Crippen molar-refractivity contribution >= 4 is 60.9 Å². The van der Waals surface area contributed by atoms with Gasteiger partial charge >= 0.3 is 5.97 Å². The Bertz CT molecular complexity index is 534. The number of carbonyl (C=O) groups is 3. The van der Waals surface area contributed by atoms with Gasteiger partial charge in [-0.2, -0.15) is 11.8 Å². The molecule has 0 saturated heterocycles. The third kappa shape index (κ3) is 52.7. The minimum absolute atomic E-state index is 0.101. The highest BCUT2D eigenvalue weighted by Crippen LogP contribution is 2.14. The van der Waals surface area contributed by atoms with E-state index in [9.17, 15) is 14.4 Å². The fourth-order valence-electron chi connectivity index (χ4n) is 4.03. The first kappa shape index (κ1) is 48.9. The Kier molecular flexibility index (Phi) is 55.9. The fourth-order valence-corrected chi connectivity index (χ4v) is 4.28. The molecule has 0 aromatic carbocycles. The van der Waals surface area contributed by atoms with Crippen LogP contribution in [0.3, 0.4) is 0 Å². The molecule has 0 spiro atoms. The van der Waals surface area contributed by atoms with Crippen molar-refractivity contribution in [3.8, 4) is 0 Å². The quantitative estimate of drug-likeness (QED) is 0.0344. The molecule has 0 aromatic rings. The molecule has 0 fully saturated rings. The molecule has 0 rings (SSSR count). The predicted molar refractivity (Wildman–Crippen MR) is 198 cm³/mol. The first-order valence-corrected chi connectivity index (χ1v) is 21.5. The normalized spacial score (nSPS) is 10.6. The number of hydrogen-bond donors (Lipinski definition) is 3. The van der Waals surface area contributed by atoms with E-state index in [1.54, 1.807) is 33.3 Å². The molecule has 0 heterocycles. The zero-order valence-corrected chi connectivity index (χ0v) is 31.8. The summed E-state index contributed by atoms with van der Waals surface area (Å²) in [5, 5.41) is 14.4. The number of carbonyl (C=O) groups excluding carboxylic acids is 2. The van der Waals surface area contributed by atoms with Crippen molar-refractivity contribution in [1.82, 2.24) is 10.4 Å². The Morgan fingerprint density at radius 3 is 1.33 bits per heavy atom. The second kappa shape index (κ2) is 48.0. The number of carboxylic acids is 1. The van der Waals surface area contributed by atoms with Crippen molar-refractivity contribution in [2.24, 2.45) is 0 Å². The summed E-state index contributed by atoms with van der Waals surface area (Å²) in [7, 11) is 5.92. The number of amides is 1. The van der Waals surface area contributed by atoms with Crippen LogP contribution < -0.4 is 10.4 Å².